The van der Waals surface area contributed by atoms with E-state index >= 15 is 0 Å². The molecule has 1 atom stereocenters. The average Bonchev–Trinajstić information content (AvgIpc) is 2.25. The molecule has 0 aliphatic heterocycles. The minimum absolute atomic E-state index is 0.0759. The van der Waals surface area contributed by atoms with Crippen LogP contribution in [0.2, 0.25) is 0 Å². The fourth-order valence-corrected chi connectivity index (χ4v) is 2.93. The number of carbonyl (C=O) groups is 1. The van der Waals surface area contributed by atoms with Crippen molar-refractivity contribution in [3.05, 3.63) is 22.9 Å². The molecule has 1 aromatic rings. The van der Waals surface area contributed by atoms with Crippen LogP contribution in [-0.4, -0.2) is 41.7 Å². The van der Waals surface area contributed by atoms with Crippen LogP contribution in [0.1, 0.15) is 13.3 Å². The lowest BCUT2D eigenvalue weighted by molar-refractivity contribution is -0.141. The first-order valence-corrected chi connectivity index (χ1v) is 7.44. The van der Waals surface area contributed by atoms with E-state index in [1.54, 1.807) is 0 Å². The minimum atomic E-state index is -3.85. The van der Waals surface area contributed by atoms with Crippen LogP contribution in [0, 0.1) is 0 Å². The van der Waals surface area contributed by atoms with Crippen LogP contribution in [0.15, 0.2) is 27.8 Å². The Morgan fingerprint density at radius 3 is 2.68 bits per heavy atom. The Bertz CT molecular complexity index is 573. The van der Waals surface area contributed by atoms with Gasteiger partial charge in [0, 0.05) is 23.4 Å². The molecule has 0 radical (unpaired) electrons. The predicted molar refractivity (Wildman–Crippen MR) is 70.0 cm³/mol. The summed E-state index contributed by atoms with van der Waals surface area (Å²) >= 11 is 3.10. The lowest BCUT2D eigenvalue weighted by Gasteiger charge is -2.21. The van der Waals surface area contributed by atoms with Gasteiger partial charge in [-0.2, -0.15) is 0 Å². The molecule has 0 aromatic carbocycles. The number of sulfonamides is 1. The zero-order valence-electron chi connectivity index (χ0n) is 10.00. The quantitative estimate of drug-likeness (QED) is 0.679. The number of carboxylic acids is 1. The van der Waals surface area contributed by atoms with Crippen LogP contribution in [0.4, 0.5) is 0 Å². The van der Waals surface area contributed by atoms with Crippen LogP contribution in [0.5, 0.6) is 0 Å². The lowest BCUT2D eigenvalue weighted by Crippen LogP contribution is -2.42. The van der Waals surface area contributed by atoms with Gasteiger partial charge in [-0.3, -0.25) is 9.78 Å². The predicted octanol–water partition coefficient (Wildman–Crippen LogP) is 0.348. The van der Waals surface area contributed by atoms with Crippen molar-refractivity contribution in [1.29, 1.82) is 0 Å². The summed E-state index contributed by atoms with van der Waals surface area (Å²) in [6.07, 6.45) is 2.02. The van der Waals surface area contributed by atoms with Crippen LogP contribution in [0.3, 0.4) is 0 Å². The van der Waals surface area contributed by atoms with Crippen molar-refractivity contribution >= 4 is 31.9 Å². The number of pyridine rings is 1. The number of carboxylic acid groups (broad SMARTS) is 1. The van der Waals surface area contributed by atoms with E-state index in [-0.39, 0.29) is 4.90 Å². The van der Waals surface area contributed by atoms with Crippen molar-refractivity contribution < 1.29 is 23.4 Å². The highest BCUT2D eigenvalue weighted by Crippen LogP contribution is 2.15. The number of rotatable bonds is 6. The first-order valence-electron chi connectivity index (χ1n) is 5.17. The summed E-state index contributed by atoms with van der Waals surface area (Å²) in [5.74, 6) is -1.21. The van der Waals surface area contributed by atoms with Crippen molar-refractivity contribution in [2.75, 3.05) is 6.54 Å². The molecule has 1 aromatic heterocycles. The number of nitrogens with one attached hydrogen (secondary N) is 1. The second kappa shape index (κ2) is 5.95. The zero-order valence-corrected chi connectivity index (χ0v) is 12.4. The maximum atomic E-state index is 11.9. The SMILES string of the molecule is CC(O)(CNS(=O)(=O)c1cncc(Br)c1)CC(=O)O. The molecule has 0 saturated heterocycles. The summed E-state index contributed by atoms with van der Waals surface area (Å²) in [5, 5.41) is 18.3. The maximum Gasteiger partial charge on any atom is 0.306 e. The summed E-state index contributed by atoms with van der Waals surface area (Å²) in [6, 6.07) is 1.35. The number of aromatic nitrogens is 1. The van der Waals surface area contributed by atoms with Gasteiger partial charge in [0.15, 0.2) is 0 Å². The Morgan fingerprint density at radius 1 is 1.53 bits per heavy atom. The molecule has 0 amide bonds. The van der Waals surface area contributed by atoms with Gasteiger partial charge < -0.3 is 10.2 Å². The average molecular weight is 353 g/mol. The van der Waals surface area contributed by atoms with Crippen LogP contribution < -0.4 is 4.72 Å². The number of halogens is 1. The molecule has 0 spiro atoms. The fraction of sp³-hybridized carbons (Fsp3) is 0.400. The minimum Gasteiger partial charge on any atom is -0.481 e. The van der Waals surface area contributed by atoms with Gasteiger partial charge in [-0.1, -0.05) is 0 Å². The Hall–Kier alpha value is -1.03. The number of aliphatic hydroxyl groups is 1. The van der Waals surface area contributed by atoms with Gasteiger partial charge in [-0.15, -0.1) is 0 Å². The standard InChI is InChI=1S/C10H13BrN2O5S/c1-10(16,3-9(14)15)6-13-19(17,18)8-2-7(11)4-12-5-8/h2,4-5,13,16H,3,6H2,1H3,(H,14,15). The van der Waals surface area contributed by atoms with Crippen molar-refractivity contribution in [1.82, 2.24) is 9.71 Å². The first kappa shape index (κ1) is 16.0. The van der Waals surface area contributed by atoms with E-state index in [0.717, 1.165) is 6.20 Å². The summed E-state index contributed by atoms with van der Waals surface area (Å²) in [6.45, 7) is 0.830. The molecular weight excluding hydrogens is 340 g/mol. The van der Waals surface area contributed by atoms with E-state index in [0.29, 0.717) is 4.47 Å². The molecule has 0 bridgehead atoms. The highest BCUT2D eigenvalue weighted by Gasteiger charge is 2.27. The van der Waals surface area contributed by atoms with Crippen LogP contribution in [0.25, 0.3) is 0 Å². The summed E-state index contributed by atoms with van der Waals surface area (Å²) in [5.41, 5.74) is -1.67. The van der Waals surface area contributed by atoms with E-state index in [4.69, 9.17) is 5.11 Å². The van der Waals surface area contributed by atoms with Gasteiger partial charge in [-0.05, 0) is 28.9 Å². The second-order valence-electron chi connectivity index (χ2n) is 4.23. The smallest absolute Gasteiger partial charge is 0.306 e. The topological polar surface area (TPSA) is 117 Å². The number of hydrogen-bond acceptors (Lipinski definition) is 5. The van der Waals surface area contributed by atoms with Gasteiger partial charge >= 0.3 is 5.97 Å². The lowest BCUT2D eigenvalue weighted by atomic mass is 10.0. The highest BCUT2D eigenvalue weighted by molar-refractivity contribution is 9.10. The zero-order chi connectivity index (χ0) is 14.7. The van der Waals surface area contributed by atoms with E-state index < -0.39 is 34.6 Å². The Balaban J connectivity index is 2.79. The molecular formula is C10H13BrN2O5S. The molecule has 0 saturated carbocycles. The Kier molecular flexibility index (Phi) is 5.02. The van der Waals surface area contributed by atoms with Crippen molar-refractivity contribution in [2.24, 2.45) is 0 Å². The first-order chi connectivity index (χ1) is 8.62. The summed E-state index contributed by atoms with van der Waals surface area (Å²) in [7, 11) is -3.85. The maximum absolute atomic E-state index is 11.9. The molecule has 1 unspecified atom stereocenters. The van der Waals surface area contributed by atoms with E-state index in [1.165, 1.54) is 19.2 Å². The van der Waals surface area contributed by atoms with Crippen LogP contribution >= 0.6 is 15.9 Å². The van der Waals surface area contributed by atoms with Crippen LogP contribution in [-0.2, 0) is 14.8 Å². The third kappa shape index (κ3) is 5.23. The molecule has 3 N–H and O–H groups in total. The van der Waals surface area contributed by atoms with Gasteiger partial charge in [-0.25, -0.2) is 13.1 Å². The van der Waals surface area contributed by atoms with E-state index in [2.05, 4.69) is 25.6 Å². The molecule has 1 rings (SSSR count). The number of nitrogens with zero attached hydrogens (tertiary/aromatic N) is 1. The van der Waals surface area contributed by atoms with Crippen molar-refractivity contribution in [2.45, 2.75) is 23.8 Å². The van der Waals surface area contributed by atoms with Gasteiger partial charge in [0.05, 0.1) is 12.0 Å². The normalized spacial score (nSPS) is 14.9. The van der Waals surface area contributed by atoms with E-state index in [1.807, 2.05) is 0 Å². The third-order valence-electron chi connectivity index (χ3n) is 2.17. The highest BCUT2D eigenvalue weighted by atomic mass is 79.9. The molecule has 19 heavy (non-hydrogen) atoms. The van der Waals surface area contributed by atoms with Gasteiger partial charge in [0.25, 0.3) is 0 Å². The number of hydrogen-bond donors (Lipinski definition) is 3. The van der Waals surface area contributed by atoms with E-state index in [9.17, 15) is 18.3 Å². The molecule has 1 heterocycles. The van der Waals surface area contributed by atoms with Gasteiger partial charge in [0.2, 0.25) is 10.0 Å². The van der Waals surface area contributed by atoms with Gasteiger partial charge in [0.1, 0.15) is 4.90 Å². The molecule has 106 valence electrons. The third-order valence-corrected chi connectivity index (χ3v) is 3.97. The molecule has 0 fully saturated rings. The molecule has 9 heteroatoms. The fourth-order valence-electron chi connectivity index (χ4n) is 1.26. The molecule has 0 aliphatic carbocycles. The number of aliphatic carboxylic acids is 1. The molecule has 7 nitrogen and oxygen atoms in total. The second-order valence-corrected chi connectivity index (χ2v) is 6.91. The Labute approximate surface area is 118 Å². The van der Waals surface area contributed by atoms with Crippen molar-refractivity contribution in [3.8, 4) is 0 Å². The summed E-state index contributed by atoms with van der Waals surface area (Å²) < 4.78 is 26.4. The largest absolute Gasteiger partial charge is 0.481 e. The molecule has 0 aliphatic rings. The Morgan fingerprint density at radius 2 is 2.16 bits per heavy atom. The monoisotopic (exact) mass is 352 g/mol. The van der Waals surface area contributed by atoms with Crippen molar-refractivity contribution in [3.63, 3.8) is 0 Å². The summed E-state index contributed by atoms with van der Waals surface area (Å²) in [4.78, 5) is 14.1.